The second-order valence-corrected chi connectivity index (χ2v) is 5.31. The zero-order valence-electron chi connectivity index (χ0n) is 8.90. The Labute approximate surface area is 93.9 Å². The smallest absolute Gasteiger partial charge is 0.0858 e. The van der Waals surface area contributed by atoms with Crippen LogP contribution in [0.3, 0.4) is 0 Å². The largest absolute Gasteiger partial charge is 0.398 e. The first-order valence-corrected chi connectivity index (χ1v) is 5.86. The fourth-order valence-corrected chi connectivity index (χ4v) is 2.45. The molecule has 2 N–H and O–H groups in total. The monoisotopic (exact) mass is 218 g/mol. The van der Waals surface area contributed by atoms with Gasteiger partial charge in [-0.05, 0) is 12.1 Å². The van der Waals surface area contributed by atoms with Crippen molar-refractivity contribution >= 4 is 28.4 Å². The average Bonchev–Trinajstić information content (AvgIpc) is 2.22. The summed E-state index contributed by atoms with van der Waals surface area (Å²) < 4.78 is 0. The molecule has 0 bridgehead atoms. The molecule has 78 valence electrons. The Morgan fingerprint density at radius 1 is 1.27 bits per heavy atom. The molecule has 0 unspecified atom stereocenters. The van der Waals surface area contributed by atoms with Crippen LogP contribution in [0.2, 0.25) is 0 Å². The summed E-state index contributed by atoms with van der Waals surface area (Å²) >= 11 is 1.77. The predicted octanol–water partition coefficient (Wildman–Crippen LogP) is 3.32. The van der Waals surface area contributed by atoms with E-state index in [4.69, 9.17) is 5.73 Å². The summed E-state index contributed by atoms with van der Waals surface area (Å²) in [5.74, 6) is 0. The van der Waals surface area contributed by atoms with E-state index in [1.54, 1.807) is 11.8 Å². The van der Waals surface area contributed by atoms with Gasteiger partial charge in [-0.2, -0.15) is 0 Å². The number of fused-ring (bicyclic) bond motifs is 1. The molecule has 0 saturated carbocycles. The van der Waals surface area contributed by atoms with Crippen molar-refractivity contribution in [1.82, 2.24) is 4.98 Å². The number of hydrogen-bond donors (Lipinski definition) is 1. The maximum absolute atomic E-state index is 5.97. The molecule has 0 aliphatic carbocycles. The van der Waals surface area contributed by atoms with Crippen LogP contribution < -0.4 is 5.73 Å². The SMILES string of the molecule is CC(C)Sc1c(N)ccc2cccnc12. The van der Waals surface area contributed by atoms with Crippen molar-refractivity contribution in [3.63, 3.8) is 0 Å². The van der Waals surface area contributed by atoms with Crippen LogP contribution in [0.1, 0.15) is 13.8 Å². The lowest BCUT2D eigenvalue weighted by Crippen LogP contribution is -1.95. The first kappa shape index (κ1) is 10.3. The number of rotatable bonds is 2. The van der Waals surface area contributed by atoms with E-state index >= 15 is 0 Å². The molecule has 0 aliphatic rings. The predicted molar refractivity (Wildman–Crippen MR) is 67.1 cm³/mol. The van der Waals surface area contributed by atoms with Gasteiger partial charge >= 0.3 is 0 Å². The Bertz CT molecular complexity index is 480. The van der Waals surface area contributed by atoms with Gasteiger partial charge in [0.25, 0.3) is 0 Å². The molecule has 1 aromatic heterocycles. The Morgan fingerprint density at radius 3 is 2.80 bits per heavy atom. The van der Waals surface area contributed by atoms with E-state index in [1.165, 1.54) is 0 Å². The molecule has 2 rings (SSSR count). The van der Waals surface area contributed by atoms with Gasteiger partial charge in [0.2, 0.25) is 0 Å². The third-order valence-electron chi connectivity index (χ3n) is 2.11. The number of thioether (sulfide) groups is 1. The molecule has 0 aliphatic heterocycles. The van der Waals surface area contributed by atoms with E-state index in [0.717, 1.165) is 21.5 Å². The van der Waals surface area contributed by atoms with Crippen LogP contribution >= 0.6 is 11.8 Å². The van der Waals surface area contributed by atoms with Gasteiger partial charge in [-0.25, -0.2) is 0 Å². The highest BCUT2D eigenvalue weighted by molar-refractivity contribution is 8.00. The summed E-state index contributed by atoms with van der Waals surface area (Å²) in [4.78, 5) is 5.49. The topological polar surface area (TPSA) is 38.9 Å². The van der Waals surface area contributed by atoms with Crippen molar-refractivity contribution in [3.8, 4) is 0 Å². The molecule has 0 amide bonds. The van der Waals surface area contributed by atoms with Crippen molar-refractivity contribution in [3.05, 3.63) is 30.5 Å². The summed E-state index contributed by atoms with van der Waals surface area (Å²) in [6.07, 6.45) is 1.81. The third-order valence-corrected chi connectivity index (χ3v) is 3.25. The van der Waals surface area contributed by atoms with E-state index in [2.05, 4.69) is 24.9 Å². The first-order chi connectivity index (χ1) is 7.18. The fourth-order valence-electron chi connectivity index (χ4n) is 1.49. The average molecular weight is 218 g/mol. The number of nitrogens with two attached hydrogens (primary N) is 1. The molecule has 0 spiro atoms. The zero-order valence-corrected chi connectivity index (χ0v) is 9.71. The number of pyridine rings is 1. The van der Waals surface area contributed by atoms with Gasteiger partial charge in [0, 0.05) is 22.5 Å². The van der Waals surface area contributed by atoms with Gasteiger partial charge in [0.15, 0.2) is 0 Å². The van der Waals surface area contributed by atoms with E-state index in [9.17, 15) is 0 Å². The maximum Gasteiger partial charge on any atom is 0.0858 e. The molecule has 0 fully saturated rings. The Balaban J connectivity index is 2.63. The molecule has 15 heavy (non-hydrogen) atoms. The highest BCUT2D eigenvalue weighted by atomic mass is 32.2. The maximum atomic E-state index is 5.97. The second kappa shape index (κ2) is 4.11. The summed E-state index contributed by atoms with van der Waals surface area (Å²) in [6, 6.07) is 7.98. The van der Waals surface area contributed by atoms with Crippen molar-refractivity contribution in [2.24, 2.45) is 0 Å². The molecule has 3 heteroatoms. The number of anilines is 1. The van der Waals surface area contributed by atoms with E-state index in [0.29, 0.717) is 5.25 Å². The van der Waals surface area contributed by atoms with Crippen LogP contribution in [0.5, 0.6) is 0 Å². The zero-order chi connectivity index (χ0) is 10.8. The van der Waals surface area contributed by atoms with Crippen LogP contribution in [0.25, 0.3) is 10.9 Å². The molecular formula is C12H14N2S. The van der Waals surface area contributed by atoms with Crippen molar-refractivity contribution in [2.45, 2.75) is 24.0 Å². The summed E-state index contributed by atoms with van der Waals surface area (Å²) in [5, 5.41) is 1.66. The number of nitrogen functional groups attached to an aromatic ring is 1. The molecule has 2 nitrogen and oxygen atoms in total. The molecule has 0 radical (unpaired) electrons. The first-order valence-electron chi connectivity index (χ1n) is 4.98. The minimum Gasteiger partial charge on any atom is -0.398 e. The molecular weight excluding hydrogens is 204 g/mol. The highest BCUT2D eigenvalue weighted by Crippen LogP contribution is 2.34. The molecule has 0 atom stereocenters. The minimum atomic E-state index is 0.514. The van der Waals surface area contributed by atoms with Crippen molar-refractivity contribution in [2.75, 3.05) is 5.73 Å². The summed E-state index contributed by atoms with van der Waals surface area (Å²) in [6.45, 7) is 4.32. The van der Waals surface area contributed by atoms with Gasteiger partial charge < -0.3 is 5.73 Å². The third kappa shape index (κ3) is 2.07. The lowest BCUT2D eigenvalue weighted by Gasteiger charge is -2.10. The van der Waals surface area contributed by atoms with E-state index in [1.807, 2.05) is 24.4 Å². The number of benzene rings is 1. The minimum absolute atomic E-state index is 0.514. The molecule has 2 aromatic rings. The normalized spacial score (nSPS) is 11.1. The van der Waals surface area contributed by atoms with Gasteiger partial charge in [-0.3, -0.25) is 4.98 Å². The van der Waals surface area contributed by atoms with Crippen LogP contribution in [0, 0.1) is 0 Å². The summed E-state index contributed by atoms with van der Waals surface area (Å²) in [7, 11) is 0. The van der Waals surface area contributed by atoms with Gasteiger partial charge in [-0.15, -0.1) is 11.8 Å². The number of aromatic nitrogens is 1. The standard InChI is InChI=1S/C12H14N2S/c1-8(2)15-12-10(13)6-5-9-4-3-7-14-11(9)12/h3-8H,13H2,1-2H3. The lowest BCUT2D eigenvalue weighted by molar-refractivity contribution is 1.11. The Morgan fingerprint density at radius 2 is 2.07 bits per heavy atom. The molecule has 0 saturated heterocycles. The molecule has 1 aromatic carbocycles. The number of nitrogens with zero attached hydrogens (tertiary/aromatic N) is 1. The van der Waals surface area contributed by atoms with Gasteiger partial charge in [0.1, 0.15) is 0 Å². The van der Waals surface area contributed by atoms with Crippen LogP contribution in [0.4, 0.5) is 5.69 Å². The van der Waals surface area contributed by atoms with Gasteiger partial charge in [0.05, 0.1) is 10.4 Å². The van der Waals surface area contributed by atoms with E-state index in [-0.39, 0.29) is 0 Å². The Kier molecular flexibility index (Phi) is 2.82. The lowest BCUT2D eigenvalue weighted by atomic mass is 10.2. The molecule has 1 heterocycles. The quantitative estimate of drug-likeness (QED) is 0.621. The second-order valence-electron chi connectivity index (χ2n) is 3.73. The Hall–Kier alpha value is -1.22. The number of hydrogen-bond acceptors (Lipinski definition) is 3. The van der Waals surface area contributed by atoms with Crippen molar-refractivity contribution in [1.29, 1.82) is 0 Å². The van der Waals surface area contributed by atoms with Crippen molar-refractivity contribution < 1.29 is 0 Å². The van der Waals surface area contributed by atoms with E-state index < -0.39 is 0 Å². The highest BCUT2D eigenvalue weighted by Gasteiger charge is 2.08. The van der Waals surface area contributed by atoms with Crippen LogP contribution in [-0.4, -0.2) is 10.2 Å². The van der Waals surface area contributed by atoms with Crippen LogP contribution in [0.15, 0.2) is 35.4 Å². The summed E-state index contributed by atoms with van der Waals surface area (Å²) in [5.41, 5.74) is 7.80. The van der Waals surface area contributed by atoms with Crippen LogP contribution in [-0.2, 0) is 0 Å². The van der Waals surface area contributed by atoms with Gasteiger partial charge in [-0.1, -0.05) is 26.0 Å². The fraction of sp³-hybridized carbons (Fsp3) is 0.250.